The molecule has 128 valence electrons. The van der Waals surface area contributed by atoms with Crippen LogP contribution < -0.4 is 10.2 Å². The zero-order valence-corrected chi connectivity index (χ0v) is 15.7. The molecule has 0 amide bonds. The van der Waals surface area contributed by atoms with Crippen LogP contribution in [0.2, 0.25) is 0 Å². The molecule has 0 fully saturated rings. The minimum absolute atomic E-state index is 0. The zero-order valence-electron chi connectivity index (χ0n) is 13.5. The summed E-state index contributed by atoms with van der Waals surface area (Å²) in [6, 6.07) is 11.7. The molecule has 2 rings (SSSR count). The van der Waals surface area contributed by atoms with Gasteiger partial charge in [-0.3, -0.25) is 9.97 Å². The Kier molecular flexibility index (Phi) is 20.2. The Hall–Kier alpha value is -2.07. The maximum atomic E-state index is 8.89. The molecule has 7 heteroatoms. The van der Waals surface area contributed by atoms with Gasteiger partial charge in [-0.05, 0) is 52.0 Å². The molecule has 0 saturated heterocycles. The Morgan fingerprint density at radius 1 is 0.783 bits per heavy atom. The fraction of sp³-hybridized carbons (Fsp3) is 0.250. The van der Waals surface area contributed by atoms with Crippen molar-refractivity contribution >= 4 is 11.9 Å². The number of carbonyl (C=O) groups is 2. The zero-order chi connectivity index (χ0) is 17.4. The van der Waals surface area contributed by atoms with Crippen molar-refractivity contribution in [3.8, 4) is 0 Å². The number of carboxylic acids is 2. The molecule has 0 bridgehead atoms. The SMILES string of the molecule is CC(=O)[O-].CC(=O)[O-].Cc1ccccn1.Cc1ccccn1.[Pt+2]. The number of aryl methyl sites for hydroxylation is 2. The summed E-state index contributed by atoms with van der Waals surface area (Å²) in [5.41, 5.74) is 2.14. The Labute approximate surface area is 150 Å². The number of rotatable bonds is 0. The van der Waals surface area contributed by atoms with Crippen LogP contribution in [0.4, 0.5) is 0 Å². The maximum Gasteiger partial charge on any atom is 2.00 e. The van der Waals surface area contributed by atoms with Gasteiger partial charge in [-0.1, -0.05) is 12.1 Å². The molecule has 2 heterocycles. The van der Waals surface area contributed by atoms with E-state index in [0.29, 0.717) is 0 Å². The molecule has 0 aliphatic heterocycles. The molecule has 0 saturated carbocycles. The normalized spacial score (nSPS) is 7.48. The van der Waals surface area contributed by atoms with Crippen LogP contribution in [0.3, 0.4) is 0 Å². The van der Waals surface area contributed by atoms with Crippen molar-refractivity contribution in [2.24, 2.45) is 0 Å². The van der Waals surface area contributed by atoms with E-state index in [4.69, 9.17) is 19.8 Å². The third kappa shape index (κ3) is 33.0. The van der Waals surface area contributed by atoms with Crippen LogP contribution in [0, 0.1) is 13.8 Å². The van der Waals surface area contributed by atoms with E-state index in [1.54, 1.807) is 12.4 Å². The molecule has 0 unspecified atom stereocenters. The molecule has 6 nitrogen and oxygen atoms in total. The first-order chi connectivity index (χ1) is 10.3. The fourth-order valence-electron chi connectivity index (χ4n) is 0.896. The third-order valence-corrected chi connectivity index (χ3v) is 1.63. The first-order valence-electron chi connectivity index (χ1n) is 6.36. The van der Waals surface area contributed by atoms with Crippen molar-refractivity contribution in [3.63, 3.8) is 0 Å². The molecule has 0 aliphatic rings. The number of nitrogens with zero attached hydrogens (tertiary/aromatic N) is 2. The minimum atomic E-state index is -1.08. The Morgan fingerprint density at radius 3 is 1.13 bits per heavy atom. The van der Waals surface area contributed by atoms with E-state index in [2.05, 4.69) is 9.97 Å². The quantitative estimate of drug-likeness (QED) is 0.516. The maximum absolute atomic E-state index is 8.89. The van der Waals surface area contributed by atoms with Gasteiger partial charge < -0.3 is 19.8 Å². The van der Waals surface area contributed by atoms with Crippen LogP contribution in [-0.2, 0) is 30.7 Å². The van der Waals surface area contributed by atoms with Crippen molar-refractivity contribution in [2.75, 3.05) is 0 Å². The van der Waals surface area contributed by atoms with Gasteiger partial charge in [0, 0.05) is 35.7 Å². The van der Waals surface area contributed by atoms with Gasteiger partial charge in [-0.2, -0.15) is 0 Å². The smallest absolute Gasteiger partial charge is 0.550 e. The molecule has 2 aromatic heterocycles. The molecule has 0 N–H and O–H groups in total. The largest absolute Gasteiger partial charge is 2.00 e. The molecule has 2 aromatic rings. The summed E-state index contributed by atoms with van der Waals surface area (Å²) in [5.74, 6) is -2.17. The average molecular weight is 499 g/mol. The average Bonchev–Trinajstić information content (AvgIpc) is 2.40. The third-order valence-electron chi connectivity index (χ3n) is 1.63. The van der Waals surface area contributed by atoms with Crippen molar-refractivity contribution in [1.82, 2.24) is 9.97 Å². The monoisotopic (exact) mass is 499 g/mol. The standard InChI is InChI=1S/2C6H7N.2C2H4O2.Pt/c2*1-6-4-2-3-5-7-6;2*1-2(3)4;/h2*2-5H,1H3;2*1H3,(H,3,4);/q;;;;+2/p-2. The molecular weight excluding hydrogens is 479 g/mol. The van der Waals surface area contributed by atoms with E-state index in [0.717, 1.165) is 25.2 Å². The Bertz CT molecular complexity index is 465. The predicted molar refractivity (Wildman–Crippen MR) is 79.3 cm³/mol. The number of carbonyl (C=O) groups excluding carboxylic acids is 2. The van der Waals surface area contributed by atoms with E-state index in [1.807, 2.05) is 50.2 Å². The van der Waals surface area contributed by atoms with E-state index in [9.17, 15) is 0 Å². The molecule has 0 aliphatic carbocycles. The fourth-order valence-corrected chi connectivity index (χ4v) is 0.896. The Balaban J connectivity index is -0.000000238. The van der Waals surface area contributed by atoms with Crippen molar-refractivity contribution < 1.29 is 40.9 Å². The second kappa shape index (κ2) is 18.0. The molecule has 0 spiro atoms. The van der Waals surface area contributed by atoms with Crippen LogP contribution in [0.25, 0.3) is 0 Å². The van der Waals surface area contributed by atoms with Crippen LogP contribution in [0.15, 0.2) is 48.8 Å². The van der Waals surface area contributed by atoms with Crippen LogP contribution in [0.5, 0.6) is 0 Å². The summed E-state index contributed by atoms with van der Waals surface area (Å²) in [6.07, 6.45) is 3.57. The number of hydrogen-bond acceptors (Lipinski definition) is 6. The summed E-state index contributed by atoms with van der Waals surface area (Å²) in [6.45, 7) is 5.89. The topological polar surface area (TPSA) is 106 Å². The number of pyridine rings is 2. The van der Waals surface area contributed by atoms with Gasteiger partial charge in [0.1, 0.15) is 0 Å². The van der Waals surface area contributed by atoms with E-state index >= 15 is 0 Å². The van der Waals surface area contributed by atoms with Gasteiger partial charge in [0.2, 0.25) is 0 Å². The first-order valence-corrected chi connectivity index (χ1v) is 6.36. The molecule has 0 atom stereocenters. The summed E-state index contributed by atoms with van der Waals surface area (Å²) in [4.78, 5) is 25.7. The van der Waals surface area contributed by atoms with Crippen molar-refractivity contribution in [1.29, 1.82) is 0 Å². The predicted octanol–water partition coefficient (Wildman–Crippen LogP) is 0.290. The second-order valence-corrected chi connectivity index (χ2v) is 3.93. The van der Waals surface area contributed by atoms with Gasteiger partial charge in [0.05, 0.1) is 0 Å². The Morgan fingerprint density at radius 2 is 1.04 bits per heavy atom. The number of aromatic nitrogens is 2. The van der Waals surface area contributed by atoms with Crippen molar-refractivity contribution in [2.45, 2.75) is 27.7 Å². The summed E-state index contributed by atoms with van der Waals surface area (Å²) in [7, 11) is 0. The van der Waals surface area contributed by atoms with Gasteiger partial charge in [-0.25, -0.2) is 0 Å². The molecule has 0 radical (unpaired) electrons. The number of hydrogen-bond donors (Lipinski definition) is 0. The molecule has 23 heavy (non-hydrogen) atoms. The molecular formula is C16H20N2O4Pt. The van der Waals surface area contributed by atoms with Gasteiger partial charge >= 0.3 is 21.1 Å². The summed E-state index contributed by atoms with van der Waals surface area (Å²) < 4.78 is 0. The summed E-state index contributed by atoms with van der Waals surface area (Å²) in [5, 5.41) is 17.8. The second-order valence-electron chi connectivity index (χ2n) is 3.93. The van der Waals surface area contributed by atoms with Crippen molar-refractivity contribution in [3.05, 3.63) is 60.2 Å². The van der Waals surface area contributed by atoms with Crippen LogP contribution >= 0.6 is 0 Å². The molecule has 0 aromatic carbocycles. The van der Waals surface area contributed by atoms with E-state index in [-0.39, 0.29) is 21.1 Å². The van der Waals surface area contributed by atoms with E-state index in [1.165, 1.54) is 0 Å². The van der Waals surface area contributed by atoms with Gasteiger partial charge in [0.15, 0.2) is 0 Å². The van der Waals surface area contributed by atoms with Crippen LogP contribution in [-0.4, -0.2) is 21.9 Å². The summed E-state index contributed by atoms with van der Waals surface area (Å²) >= 11 is 0. The minimum Gasteiger partial charge on any atom is -0.550 e. The van der Waals surface area contributed by atoms with Gasteiger partial charge in [-0.15, -0.1) is 0 Å². The van der Waals surface area contributed by atoms with E-state index < -0.39 is 11.9 Å². The number of carboxylic acid groups (broad SMARTS) is 2. The first kappa shape index (κ1) is 25.9. The van der Waals surface area contributed by atoms with Gasteiger partial charge in [0.25, 0.3) is 0 Å². The number of aliphatic carboxylic acids is 2. The van der Waals surface area contributed by atoms with Crippen LogP contribution in [0.1, 0.15) is 25.2 Å².